The molecule has 1 aromatic heterocycles. The number of phenols is 1. The Morgan fingerprint density at radius 3 is 2.74 bits per heavy atom. The van der Waals surface area contributed by atoms with Gasteiger partial charge in [-0.3, -0.25) is 9.59 Å². The van der Waals surface area contributed by atoms with Gasteiger partial charge in [-0.1, -0.05) is 11.8 Å². The lowest BCUT2D eigenvalue weighted by atomic mass is 10.3. The van der Waals surface area contributed by atoms with Gasteiger partial charge in [-0.15, -0.1) is 0 Å². The van der Waals surface area contributed by atoms with E-state index in [4.69, 9.17) is 5.11 Å². The molecular weight excluding hydrogens is 266 g/mol. The predicted molar refractivity (Wildman–Crippen MR) is 72.3 cm³/mol. The molecule has 0 radical (unpaired) electrons. The Morgan fingerprint density at radius 2 is 2.05 bits per heavy atom. The molecule has 1 amide bonds. The number of phenolic OH excluding ortho intramolecular Hbond substituents is 1. The second-order valence-electron chi connectivity index (χ2n) is 3.62. The highest BCUT2D eigenvalue weighted by atomic mass is 32.2. The van der Waals surface area contributed by atoms with Crippen molar-refractivity contribution in [1.29, 1.82) is 0 Å². The standard InChI is InChI=1S/C12H11N3O3S/c16-9-3-1-8(2-4-9)14-11(18)7-19-12-13-6-5-10(17)15-12/h1-6,16H,7H2,(H,14,18)(H,13,15,17). The Kier molecular flexibility index (Phi) is 4.19. The van der Waals surface area contributed by atoms with E-state index in [1.165, 1.54) is 24.4 Å². The average molecular weight is 277 g/mol. The van der Waals surface area contributed by atoms with E-state index in [9.17, 15) is 9.59 Å². The molecule has 1 aromatic carbocycles. The first kappa shape index (κ1) is 13.2. The van der Waals surface area contributed by atoms with Crippen molar-refractivity contribution in [2.75, 3.05) is 11.1 Å². The molecular formula is C12H11N3O3S. The van der Waals surface area contributed by atoms with Crippen LogP contribution in [0.4, 0.5) is 5.69 Å². The van der Waals surface area contributed by atoms with Gasteiger partial charge in [0, 0.05) is 18.0 Å². The molecule has 19 heavy (non-hydrogen) atoms. The molecule has 0 aliphatic heterocycles. The zero-order chi connectivity index (χ0) is 13.7. The topological polar surface area (TPSA) is 95.1 Å². The van der Waals surface area contributed by atoms with E-state index in [2.05, 4.69) is 15.3 Å². The van der Waals surface area contributed by atoms with Gasteiger partial charge in [0.15, 0.2) is 5.16 Å². The summed E-state index contributed by atoms with van der Waals surface area (Å²) < 4.78 is 0. The van der Waals surface area contributed by atoms with Gasteiger partial charge in [0.25, 0.3) is 5.56 Å². The first-order chi connectivity index (χ1) is 9.13. The van der Waals surface area contributed by atoms with Crippen LogP contribution in [0.3, 0.4) is 0 Å². The van der Waals surface area contributed by atoms with Gasteiger partial charge in [-0.25, -0.2) is 4.98 Å². The molecule has 0 aliphatic carbocycles. The van der Waals surface area contributed by atoms with Gasteiger partial charge in [0.05, 0.1) is 5.75 Å². The number of rotatable bonds is 4. The van der Waals surface area contributed by atoms with E-state index in [1.54, 1.807) is 12.1 Å². The van der Waals surface area contributed by atoms with Crippen LogP contribution in [0, 0.1) is 0 Å². The number of nitrogens with one attached hydrogen (secondary N) is 2. The number of amides is 1. The highest BCUT2D eigenvalue weighted by molar-refractivity contribution is 7.99. The molecule has 0 saturated heterocycles. The van der Waals surface area contributed by atoms with Crippen LogP contribution in [0.15, 0.2) is 46.5 Å². The van der Waals surface area contributed by atoms with E-state index >= 15 is 0 Å². The number of carbonyl (C=O) groups is 1. The lowest BCUT2D eigenvalue weighted by Gasteiger charge is -2.04. The van der Waals surface area contributed by atoms with Crippen molar-refractivity contribution in [1.82, 2.24) is 9.97 Å². The number of anilines is 1. The van der Waals surface area contributed by atoms with Crippen molar-refractivity contribution in [3.05, 3.63) is 46.9 Å². The minimum Gasteiger partial charge on any atom is -0.508 e. The third kappa shape index (κ3) is 4.14. The number of aromatic hydroxyl groups is 1. The van der Waals surface area contributed by atoms with Gasteiger partial charge in [-0.05, 0) is 24.3 Å². The summed E-state index contributed by atoms with van der Waals surface area (Å²) in [6.07, 6.45) is 1.39. The summed E-state index contributed by atoms with van der Waals surface area (Å²) in [6, 6.07) is 7.47. The molecule has 0 saturated carbocycles. The first-order valence-corrected chi connectivity index (χ1v) is 6.39. The summed E-state index contributed by atoms with van der Waals surface area (Å²) in [5.41, 5.74) is 0.342. The zero-order valence-corrected chi connectivity index (χ0v) is 10.6. The molecule has 2 aromatic rings. The van der Waals surface area contributed by atoms with Crippen LogP contribution in [0.25, 0.3) is 0 Å². The second-order valence-corrected chi connectivity index (χ2v) is 4.59. The molecule has 0 atom stereocenters. The molecule has 3 N–H and O–H groups in total. The summed E-state index contributed by atoms with van der Waals surface area (Å²) in [5.74, 6) is 0.0500. The van der Waals surface area contributed by atoms with Crippen LogP contribution < -0.4 is 10.9 Å². The lowest BCUT2D eigenvalue weighted by molar-refractivity contribution is -0.113. The number of hydrogen-bond acceptors (Lipinski definition) is 5. The molecule has 2 rings (SSSR count). The van der Waals surface area contributed by atoms with Gasteiger partial charge >= 0.3 is 0 Å². The van der Waals surface area contributed by atoms with Crippen LogP contribution in [0.2, 0.25) is 0 Å². The summed E-state index contributed by atoms with van der Waals surface area (Å²) in [4.78, 5) is 29.1. The smallest absolute Gasteiger partial charge is 0.251 e. The molecule has 6 nitrogen and oxygen atoms in total. The van der Waals surface area contributed by atoms with E-state index in [0.717, 1.165) is 11.8 Å². The molecule has 0 spiro atoms. The van der Waals surface area contributed by atoms with Gasteiger partial charge in [0.1, 0.15) is 5.75 Å². The van der Waals surface area contributed by atoms with Crippen molar-refractivity contribution in [2.24, 2.45) is 0 Å². The number of H-pyrrole nitrogens is 1. The molecule has 98 valence electrons. The van der Waals surface area contributed by atoms with Gasteiger partial charge in [-0.2, -0.15) is 0 Å². The summed E-state index contributed by atoms with van der Waals surface area (Å²) in [5, 5.41) is 12.2. The molecule has 7 heteroatoms. The number of aromatic amines is 1. The first-order valence-electron chi connectivity index (χ1n) is 5.40. The van der Waals surface area contributed by atoms with Crippen molar-refractivity contribution < 1.29 is 9.90 Å². The number of carbonyl (C=O) groups excluding carboxylic acids is 1. The van der Waals surface area contributed by atoms with Crippen LogP contribution in [-0.4, -0.2) is 26.7 Å². The number of benzene rings is 1. The van der Waals surface area contributed by atoms with E-state index in [1.807, 2.05) is 0 Å². The molecule has 1 heterocycles. The maximum atomic E-state index is 11.6. The van der Waals surface area contributed by atoms with Crippen molar-refractivity contribution in [3.63, 3.8) is 0 Å². The maximum absolute atomic E-state index is 11.6. The van der Waals surface area contributed by atoms with Gasteiger partial charge in [0.2, 0.25) is 5.91 Å². The highest BCUT2D eigenvalue weighted by Crippen LogP contribution is 2.15. The van der Waals surface area contributed by atoms with Gasteiger partial charge < -0.3 is 15.4 Å². The number of aromatic nitrogens is 2. The molecule has 0 fully saturated rings. The highest BCUT2D eigenvalue weighted by Gasteiger charge is 2.05. The Hall–Kier alpha value is -2.28. The number of thioether (sulfide) groups is 1. The quantitative estimate of drug-likeness (QED) is 0.443. The Bertz CT molecular complexity index is 625. The van der Waals surface area contributed by atoms with E-state index in [-0.39, 0.29) is 23.0 Å². The molecule has 0 unspecified atom stereocenters. The van der Waals surface area contributed by atoms with Crippen molar-refractivity contribution >= 4 is 23.4 Å². The van der Waals surface area contributed by atoms with Crippen LogP contribution in [0.1, 0.15) is 0 Å². The third-order valence-electron chi connectivity index (χ3n) is 2.14. The molecule has 0 aliphatic rings. The Morgan fingerprint density at radius 1 is 1.32 bits per heavy atom. The fourth-order valence-electron chi connectivity index (χ4n) is 1.30. The van der Waals surface area contributed by atoms with Crippen LogP contribution in [0.5, 0.6) is 5.75 Å². The lowest BCUT2D eigenvalue weighted by Crippen LogP contribution is -2.15. The SMILES string of the molecule is O=C(CSc1nccc(=O)[nH]1)Nc1ccc(O)cc1. The minimum absolute atomic E-state index is 0.133. The zero-order valence-electron chi connectivity index (χ0n) is 9.79. The summed E-state index contributed by atoms with van der Waals surface area (Å²) in [7, 11) is 0. The normalized spacial score (nSPS) is 10.1. The average Bonchev–Trinajstić information content (AvgIpc) is 2.39. The fraction of sp³-hybridized carbons (Fsp3) is 0.0833. The second kappa shape index (κ2) is 6.05. The number of hydrogen-bond donors (Lipinski definition) is 3. The van der Waals surface area contributed by atoms with E-state index < -0.39 is 0 Å². The van der Waals surface area contributed by atoms with Crippen LogP contribution in [-0.2, 0) is 4.79 Å². The van der Waals surface area contributed by atoms with Crippen molar-refractivity contribution in [3.8, 4) is 5.75 Å². The Labute approximate surface area is 112 Å². The monoisotopic (exact) mass is 277 g/mol. The summed E-state index contributed by atoms with van der Waals surface area (Å²) in [6.45, 7) is 0. The van der Waals surface area contributed by atoms with Crippen LogP contribution >= 0.6 is 11.8 Å². The van der Waals surface area contributed by atoms with Crippen molar-refractivity contribution in [2.45, 2.75) is 5.16 Å². The summed E-state index contributed by atoms with van der Waals surface area (Å²) >= 11 is 1.14. The number of nitrogens with zero attached hydrogens (tertiary/aromatic N) is 1. The predicted octanol–water partition coefficient (Wildman–Crippen LogP) is 1.21. The fourth-order valence-corrected chi connectivity index (χ4v) is 1.95. The minimum atomic E-state index is -0.253. The largest absolute Gasteiger partial charge is 0.508 e. The van der Waals surface area contributed by atoms with E-state index in [0.29, 0.717) is 10.8 Å². The third-order valence-corrected chi connectivity index (χ3v) is 3.03. The Balaban J connectivity index is 1.88. The maximum Gasteiger partial charge on any atom is 0.251 e. The molecule has 0 bridgehead atoms.